The summed E-state index contributed by atoms with van der Waals surface area (Å²) in [6.07, 6.45) is 6.05. The van der Waals surface area contributed by atoms with E-state index in [4.69, 9.17) is 13.9 Å². The maximum atomic E-state index is 12.4. The van der Waals surface area contributed by atoms with E-state index in [9.17, 15) is 14.4 Å². The number of nitrogens with zero attached hydrogens (tertiary/aromatic N) is 1. The fourth-order valence-electron chi connectivity index (χ4n) is 4.64. The van der Waals surface area contributed by atoms with Crippen LogP contribution in [0.1, 0.15) is 37.7 Å². The molecule has 2 aliphatic rings. The van der Waals surface area contributed by atoms with Crippen LogP contribution in [0, 0.1) is 18.8 Å². The normalized spacial score (nSPS) is 21.2. The maximum Gasteiger partial charge on any atom is 0.344 e. The van der Waals surface area contributed by atoms with Gasteiger partial charge in [0.05, 0.1) is 0 Å². The van der Waals surface area contributed by atoms with Gasteiger partial charge < -0.3 is 18.8 Å². The lowest BCUT2D eigenvalue weighted by Crippen LogP contribution is -2.46. The van der Waals surface area contributed by atoms with Gasteiger partial charge in [-0.2, -0.15) is 0 Å². The Kier molecular flexibility index (Phi) is 6.06. The van der Waals surface area contributed by atoms with Crippen molar-refractivity contribution in [1.82, 2.24) is 4.90 Å². The monoisotopic (exact) mass is 413 g/mol. The molecule has 1 amide bonds. The second-order valence-corrected chi connectivity index (χ2v) is 8.29. The zero-order valence-electron chi connectivity index (χ0n) is 17.2. The Morgan fingerprint density at radius 1 is 1.10 bits per heavy atom. The summed E-state index contributed by atoms with van der Waals surface area (Å²) >= 11 is 0. The molecule has 0 bridgehead atoms. The van der Waals surface area contributed by atoms with Gasteiger partial charge in [-0.05, 0) is 49.3 Å². The van der Waals surface area contributed by atoms with Crippen molar-refractivity contribution in [1.29, 1.82) is 0 Å². The highest BCUT2D eigenvalue weighted by atomic mass is 16.6. The molecule has 4 rings (SSSR count). The molecule has 0 N–H and O–H groups in total. The standard InChI is InChI=1S/C23H27NO6/c1-15-10-22(26)30-20-11-18(6-7-19(15)20)28-14-23(27)29-13-21(25)24-9-8-16-4-2-3-5-17(16)12-24/h6-7,10-11,16-17H,2-5,8-9,12-14H2,1H3/t16-,17+/m1/s1. The Bertz CT molecular complexity index is 997. The van der Waals surface area contributed by atoms with Crippen LogP contribution in [-0.2, 0) is 14.3 Å². The first-order valence-electron chi connectivity index (χ1n) is 10.6. The van der Waals surface area contributed by atoms with Crippen molar-refractivity contribution in [3.05, 3.63) is 40.2 Å². The summed E-state index contributed by atoms with van der Waals surface area (Å²) in [6, 6.07) is 6.46. The zero-order chi connectivity index (χ0) is 21.1. The average molecular weight is 413 g/mol. The van der Waals surface area contributed by atoms with E-state index in [2.05, 4.69) is 0 Å². The van der Waals surface area contributed by atoms with Crippen molar-refractivity contribution in [3.63, 3.8) is 0 Å². The topological polar surface area (TPSA) is 86.0 Å². The second kappa shape index (κ2) is 8.90. The smallest absolute Gasteiger partial charge is 0.344 e. The molecule has 2 fully saturated rings. The predicted molar refractivity (Wildman–Crippen MR) is 110 cm³/mol. The molecule has 2 aromatic rings. The number of likely N-dealkylation sites (tertiary alicyclic amines) is 1. The highest BCUT2D eigenvalue weighted by Gasteiger charge is 2.33. The van der Waals surface area contributed by atoms with Crippen molar-refractivity contribution in [3.8, 4) is 5.75 Å². The van der Waals surface area contributed by atoms with Gasteiger partial charge in [-0.3, -0.25) is 4.79 Å². The summed E-state index contributed by atoms with van der Waals surface area (Å²) in [6.45, 7) is 2.77. The molecular weight excluding hydrogens is 386 g/mol. The van der Waals surface area contributed by atoms with Crippen molar-refractivity contribution in [2.75, 3.05) is 26.3 Å². The fourth-order valence-corrected chi connectivity index (χ4v) is 4.64. The van der Waals surface area contributed by atoms with E-state index in [1.807, 2.05) is 11.8 Å². The lowest BCUT2D eigenvalue weighted by atomic mass is 9.75. The Hall–Kier alpha value is -2.83. The van der Waals surface area contributed by atoms with Gasteiger partial charge in [-0.15, -0.1) is 0 Å². The van der Waals surface area contributed by atoms with Crippen LogP contribution < -0.4 is 10.4 Å². The molecule has 7 nitrogen and oxygen atoms in total. The van der Waals surface area contributed by atoms with Crippen molar-refractivity contribution >= 4 is 22.8 Å². The van der Waals surface area contributed by atoms with Crippen LogP contribution in [0.2, 0.25) is 0 Å². The van der Waals surface area contributed by atoms with E-state index in [0.29, 0.717) is 17.3 Å². The quantitative estimate of drug-likeness (QED) is 0.553. The summed E-state index contributed by atoms with van der Waals surface area (Å²) in [7, 11) is 0. The highest BCUT2D eigenvalue weighted by Crippen LogP contribution is 2.36. The summed E-state index contributed by atoms with van der Waals surface area (Å²) in [5.41, 5.74) is 0.766. The van der Waals surface area contributed by atoms with E-state index in [1.54, 1.807) is 18.2 Å². The molecule has 1 aliphatic heterocycles. The van der Waals surface area contributed by atoms with Gasteiger partial charge in [-0.25, -0.2) is 9.59 Å². The maximum absolute atomic E-state index is 12.4. The molecule has 0 radical (unpaired) electrons. The van der Waals surface area contributed by atoms with Crippen molar-refractivity contribution in [2.24, 2.45) is 11.8 Å². The van der Waals surface area contributed by atoms with Crippen molar-refractivity contribution in [2.45, 2.75) is 39.0 Å². The predicted octanol–water partition coefficient (Wildman–Crippen LogP) is 3.06. The molecule has 0 spiro atoms. The molecule has 1 saturated heterocycles. The molecule has 1 aliphatic carbocycles. The number of hydrogen-bond donors (Lipinski definition) is 0. The minimum absolute atomic E-state index is 0.143. The summed E-state index contributed by atoms with van der Waals surface area (Å²) < 4.78 is 15.7. The number of aryl methyl sites for hydroxylation is 1. The second-order valence-electron chi connectivity index (χ2n) is 8.29. The summed E-state index contributed by atoms with van der Waals surface area (Å²) in [5, 5.41) is 0.803. The van der Waals surface area contributed by atoms with Crippen LogP contribution in [0.4, 0.5) is 0 Å². The third-order valence-corrected chi connectivity index (χ3v) is 6.28. The van der Waals surface area contributed by atoms with Crippen LogP contribution in [0.25, 0.3) is 11.0 Å². The first-order valence-corrected chi connectivity index (χ1v) is 10.6. The largest absolute Gasteiger partial charge is 0.482 e. The van der Waals surface area contributed by atoms with Crippen LogP contribution in [0.5, 0.6) is 5.75 Å². The van der Waals surface area contributed by atoms with E-state index >= 15 is 0 Å². The van der Waals surface area contributed by atoms with E-state index < -0.39 is 11.6 Å². The van der Waals surface area contributed by atoms with Crippen LogP contribution >= 0.6 is 0 Å². The van der Waals surface area contributed by atoms with Crippen LogP contribution in [0.3, 0.4) is 0 Å². The number of hydrogen-bond acceptors (Lipinski definition) is 6. The Labute approximate surface area is 174 Å². The minimum atomic E-state index is -0.610. The molecule has 160 valence electrons. The number of carbonyl (C=O) groups is 2. The molecule has 30 heavy (non-hydrogen) atoms. The fraction of sp³-hybridized carbons (Fsp3) is 0.522. The van der Waals surface area contributed by atoms with E-state index in [0.717, 1.165) is 36.4 Å². The number of esters is 1. The van der Waals surface area contributed by atoms with E-state index in [-0.39, 0.29) is 19.1 Å². The molecule has 7 heteroatoms. The molecule has 1 saturated carbocycles. The number of benzene rings is 1. The molecule has 1 aromatic carbocycles. The van der Waals surface area contributed by atoms with Gasteiger partial charge in [0.1, 0.15) is 11.3 Å². The Morgan fingerprint density at radius 2 is 1.90 bits per heavy atom. The number of amides is 1. The van der Waals surface area contributed by atoms with Gasteiger partial charge in [0.25, 0.3) is 5.91 Å². The van der Waals surface area contributed by atoms with Gasteiger partial charge >= 0.3 is 11.6 Å². The Morgan fingerprint density at radius 3 is 2.73 bits per heavy atom. The summed E-state index contributed by atoms with van der Waals surface area (Å²) in [4.78, 5) is 37.8. The van der Waals surface area contributed by atoms with Gasteiger partial charge in [0, 0.05) is 30.6 Å². The first-order chi connectivity index (χ1) is 14.5. The molecule has 1 aromatic heterocycles. The minimum Gasteiger partial charge on any atom is -0.482 e. The third kappa shape index (κ3) is 4.66. The summed E-state index contributed by atoms with van der Waals surface area (Å²) in [5.74, 6) is 0.969. The molecule has 0 unspecified atom stereocenters. The van der Waals surface area contributed by atoms with Crippen LogP contribution in [0.15, 0.2) is 33.5 Å². The highest BCUT2D eigenvalue weighted by molar-refractivity contribution is 5.82. The van der Waals surface area contributed by atoms with E-state index in [1.165, 1.54) is 31.7 Å². The number of carbonyl (C=O) groups excluding carboxylic acids is 2. The first kappa shape index (κ1) is 20.4. The third-order valence-electron chi connectivity index (χ3n) is 6.28. The lowest BCUT2D eigenvalue weighted by Gasteiger charge is -2.41. The number of fused-ring (bicyclic) bond motifs is 2. The number of ether oxygens (including phenoxy) is 2. The molecule has 2 heterocycles. The van der Waals surface area contributed by atoms with Crippen molar-refractivity contribution < 1.29 is 23.5 Å². The number of rotatable bonds is 5. The lowest BCUT2D eigenvalue weighted by molar-refractivity contribution is -0.154. The SMILES string of the molecule is Cc1cc(=O)oc2cc(OCC(=O)OCC(=O)N3CC[C@H]4CCCC[C@H]4C3)ccc12. The van der Waals surface area contributed by atoms with Gasteiger partial charge in [0.2, 0.25) is 0 Å². The van der Waals surface area contributed by atoms with Gasteiger partial charge in [-0.1, -0.05) is 19.3 Å². The number of piperidine rings is 1. The average Bonchev–Trinajstić information content (AvgIpc) is 2.75. The zero-order valence-corrected chi connectivity index (χ0v) is 17.2. The molecular formula is C23H27NO6. The molecule has 2 atom stereocenters. The van der Waals surface area contributed by atoms with Crippen LogP contribution in [-0.4, -0.2) is 43.1 Å². The Balaban J connectivity index is 1.25. The van der Waals surface area contributed by atoms with Gasteiger partial charge in [0.15, 0.2) is 13.2 Å².